The van der Waals surface area contributed by atoms with Crippen LogP contribution in [0.1, 0.15) is 0 Å². The van der Waals surface area contributed by atoms with E-state index in [-0.39, 0.29) is 18.9 Å². The van der Waals surface area contributed by atoms with E-state index in [1.54, 1.807) is 0 Å². The number of rotatable bonds is 2. The zero-order valence-electron chi connectivity index (χ0n) is 3.91. The van der Waals surface area contributed by atoms with Crippen LogP contribution >= 0.6 is 7.91 Å². The van der Waals surface area contributed by atoms with Gasteiger partial charge in [-0.15, -0.1) is 0 Å². The van der Waals surface area contributed by atoms with E-state index in [1.165, 1.54) is 0 Å². The third-order valence-electron chi connectivity index (χ3n) is 0.131. The Hall–Kier alpha value is 1.06. The first kappa shape index (κ1) is 11.8. The second kappa shape index (κ2) is 4.90. The van der Waals surface area contributed by atoms with Crippen LogP contribution < -0.4 is 23.8 Å². The second-order valence-corrected chi connectivity index (χ2v) is 2.61. The van der Waals surface area contributed by atoms with Crippen molar-refractivity contribution in [1.82, 2.24) is 0 Å². The molecule has 0 amide bonds. The van der Waals surface area contributed by atoms with Crippen LogP contribution in [0.4, 0.5) is 4.20 Å². The Bertz CT molecular complexity index is 109. The van der Waals surface area contributed by atoms with Crippen molar-refractivity contribution in [2.75, 3.05) is 0 Å². The van der Waals surface area contributed by atoms with Crippen molar-refractivity contribution in [2.45, 2.75) is 0 Å². The average Bonchev–Trinajstić information content (AvgIpc) is 1.30. The molecule has 0 rings (SSSR count). The van der Waals surface area contributed by atoms with Crippen LogP contribution in [-0.2, 0) is 28.3 Å². The minimum atomic E-state index is -5.19. The van der Waals surface area contributed by atoms with E-state index in [0.29, 0.717) is 0 Å². The molecule has 1 atom stereocenters. The molecule has 42 valence electrons. The number of hydrogen-bond acceptors (Lipinski definition) is 4. The van der Waals surface area contributed by atoms with E-state index in [2.05, 4.69) is 3.45 Å². The predicted molar refractivity (Wildman–Crippen MR) is 10.5 cm³/mol. The predicted octanol–water partition coefficient (Wildman–Crippen LogP) is -3.21. The Kier molecular flexibility index (Phi) is 7.23. The summed E-state index contributed by atoms with van der Waals surface area (Å²) in [7, 11) is -5.19. The Balaban J connectivity index is 0. The van der Waals surface area contributed by atoms with Crippen LogP contribution in [0, 0.1) is 0 Å². The van der Waals surface area contributed by atoms with Gasteiger partial charge in [-0.2, -0.15) is 0 Å². The fourth-order valence-electron chi connectivity index (χ4n) is 0.0398. The van der Waals surface area contributed by atoms with Crippen molar-refractivity contribution in [3.05, 3.63) is 0 Å². The van der Waals surface area contributed by atoms with Crippen molar-refractivity contribution in [1.29, 1.82) is 0 Å². The fourth-order valence-corrected chi connectivity index (χ4v) is 0.492. The molecule has 0 aromatic heterocycles. The number of hydrogen-bond donors (Lipinski definition) is 0. The summed E-state index contributed by atoms with van der Waals surface area (Å²) >= 11 is -2.07. The zero-order chi connectivity index (χ0) is 5.91. The van der Waals surface area contributed by atoms with Crippen LogP contribution in [-0.4, -0.2) is 0 Å². The van der Waals surface area contributed by atoms with Gasteiger partial charge in [0.25, 0.3) is 0 Å². The molecule has 0 saturated heterocycles. The topological polar surface area (TPSA) is 66.4 Å². The Morgan fingerprint density at radius 1 is 1.75 bits per heavy atom. The van der Waals surface area contributed by atoms with Gasteiger partial charge in [0, 0.05) is 0 Å². The van der Waals surface area contributed by atoms with Crippen molar-refractivity contribution < 1.29 is 56.2 Å². The van der Waals surface area contributed by atoms with Gasteiger partial charge in [-0.25, -0.2) is 0 Å². The van der Waals surface area contributed by atoms with Gasteiger partial charge in [-0.05, 0) is 0 Å². The summed E-state index contributed by atoms with van der Waals surface area (Å²) in [6.45, 7) is 0. The third-order valence-corrected chi connectivity index (χ3v) is 1.62. The maximum absolute atomic E-state index is 11.0. The molecule has 1 unspecified atom stereocenters. The first-order chi connectivity index (χ1) is 3.06. The molecule has 0 fully saturated rings. The van der Waals surface area contributed by atoms with Gasteiger partial charge in [0.2, 0.25) is 0 Å². The molecule has 0 N–H and O–H groups in total. The fraction of sp³-hybridized carbons (Fsp3) is 0. The molecule has 8 heteroatoms. The van der Waals surface area contributed by atoms with Crippen molar-refractivity contribution in [3.63, 3.8) is 0 Å². The molecule has 4 nitrogen and oxygen atoms in total. The Morgan fingerprint density at radius 3 is 2.12 bits per heavy atom. The molecular weight excluding hydrogens is 172 g/mol. The average molecular weight is 172 g/mol. The Morgan fingerprint density at radius 2 is 2.12 bits per heavy atom. The van der Waals surface area contributed by atoms with Crippen molar-refractivity contribution in [2.24, 2.45) is 0 Å². The maximum atomic E-state index is 11.0. The molecule has 8 heavy (non-hydrogen) atoms. The molecule has 0 aliphatic heterocycles. The van der Waals surface area contributed by atoms with Gasteiger partial charge in [-0.3, -0.25) is 0 Å². The Labute approximate surface area is 64.3 Å². The third kappa shape index (κ3) is 10.1. The summed E-state index contributed by atoms with van der Waals surface area (Å²) in [5, 5.41) is 0. The van der Waals surface area contributed by atoms with Crippen LogP contribution in [0.3, 0.4) is 0 Å². The molecule has 0 aromatic carbocycles. The zero-order valence-corrected chi connectivity index (χ0v) is 6.20. The monoisotopic (exact) mass is 172 g/mol. The van der Waals surface area contributed by atoms with E-state index in [1.807, 2.05) is 0 Å². The molecule has 0 bridgehead atoms. The summed E-state index contributed by atoms with van der Waals surface area (Å²) in [5.41, 5.74) is 0. The summed E-state index contributed by atoms with van der Waals surface area (Å²) in [6, 6.07) is 0. The van der Waals surface area contributed by atoms with Gasteiger partial charge in [-0.1, -0.05) is 0 Å². The summed E-state index contributed by atoms with van der Waals surface area (Å²) < 4.78 is 32.5. The van der Waals surface area contributed by atoms with E-state index in [9.17, 15) is 17.3 Å². The van der Waals surface area contributed by atoms with E-state index < -0.39 is 24.5 Å². The molecule has 0 heterocycles. The molecular formula is FLiO4PV. The molecule has 0 radical (unpaired) electrons. The van der Waals surface area contributed by atoms with E-state index in [0.717, 1.165) is 0 Å². The normalized spacial score (nSPS) is 15.8. The van der Waals surface area contributed by atoms with Gasteiger partial charge in [0.15, 0.2) is 0 Å². The first-order valence-electron chi connectivity index (χ1n) is 1.08. The van der Waals surface area contributed by atoms with E-state index in [4.69, 9.17) is 0 Å². The summed E-state index contributed by atoms with van der Waals surface area (Å²) in [4.78, 5) is 9.19. The van der Waals surface area contributed by atoms with Crippen LogP contribution in [0.5, 0.6) is 0 Å². The quantitative estimate of drug-likeness (QED) is 0.324. The minimum absolute atomic E-state index is 0. The molecule has 0 aromatic rings. The van der Waals surface area contributed by atoms with Gasteiger partial charge in [0.1, 0.15) is 0 Å². The number of halogens is 1. The second-order valence-electron chi connectivity index (χ2n) is 0.587. The van der Waals surface area contributed by atoms with Gasteiger partial charge >= 0.3 is 64.1 Å². The van der Waals surface area contributed by atoms with Gasteiger partial charge in [0.05, 0.1) is 0 Å². The molecule has 0 aliphatic carbocycles. The standard InChI is InChI=1S/FH2O3P.Li.O.V/c1-5(2,3)4;;;/h(H2,2,3,4);;;/q;+1;;+1/p-2. The van der Waals surface area contributed by atoms with Crippen LogP contribution in [0.15, 0.2) is 0 Å². The summed E-state index contributed by atoms with van der Waals surface area (Å²) in [6.07, 6.45) is 0. The van der Waals surface area contributed by atoms with Crippen LogP contribution in [0.25, 0.3) is 0 Å². The molecule has 0 spiro atoms. The molecule has 0 saturated carbocycles. The summed E-state index contributed by atoms with van der Waals surface area (Å²) in [5.74, 6) is 0. The first-order valence-corrected chi connectivity index (χ1v) is 3.66. The SMILES string of the molecule is [Li+].[O]=[V][O]P(=O)([O-])F. The molecule has 0 aliphatic rings. The van der Waals surface area contributed by atoms with Gasteiger partial charge < -0.3 is 0 Å². The van der Waals surface area contributed by atoms with Crippen LogP contribution in [0.2, 0.25) is 0 Å². The van der Waals surface area contributed by atoms with Crippen molar-refractivity contribution >= 4 is 7.91 Å². The van der Waals surface area contributed by atoms with E-state index >= 15 is 0 Å². The van der Waals surface area contributed by atoms with Crippen molar-refractivity contribution in [3.8, 4) is 0 Å².